The number of aliphatic hydroxyl groups is 3. The van der Waals surface area contributed by atoms with E-state index in [2.05, 4.69) is 0 Å². The van der Waals surface area contributed by atoms with Crippen molar-refractivity contribution in [1.29, 1.82) is 0 Å². The van der Waals surface area contributed by atoms with Gasteiger partial charge in [0.25, 0.3) is 0 Å². The maximum Gasteiger partial charge on any atom is 0.329 e. The Morgan fingerprint density at radius 2 is 0.688 bits per heavy atom. The SMILES string of the molecule is O=C(O)CO.O=C(O)CO.O=C(O)CO.[Nd]. The van der Waals surface area contributed by atoms with E-state index in [1.807, 2.05) is 0 Å². The molecule has 0 bridgehead atoms. The molecule has 0 aliphatic heterocycles. The van der Waals surface area contributed by atoms with Crippen molar-refractivity contribution in [2.45, 2.75) is 0 Å². The van der Waals surface area contributed by atoms with Crippen molar-refractivity contribution in [3.8, 4) is 0 Å². The van der Waals surface area contributed by atoms with Gasteiger partial charge in [0, 0.05) is 40.8 Å². The van der Waals surface area contributed by atoms with E-state index in [0.717, 1.165) is 0 Å². The molecule has 0 unspecified atom stereocenters. The molecule has 0 saturated carbocycles. The van der Waals surface area contributed by atoms with Gasteiger partial charge in [-0.1, -0.05) is 0 Å². The summed E-state index contributed by atoms with van der Waals surface area (Å²) < 4.78 is 0. The van der Waals surface area contributed by atoms with E-state index in [9.17, 15) is 0 Å². The molecular weight excluding hydrogens is 360 g/mol. The molecule has 0 spiro atoms. The van der Waals surface area contributed by atoms with Gasteiger partial charge in [0.2, 0.25) is 0 Å². The molecule has 0 aromatic carbocycles. The third kappa shape index (κ3) is 68.5. The molecule has 0 fully saturated rings. The van der Waals surface area contributed by atoms with Crippen molar-refractivity contribution >= 4 is 17.9 Å². The predicted octanol–water partition coefficient (Wildman–Crippen LogP) is -2.81. The fraction of sp³-hybridized carbons (Fsp3) is 0.500. The van der Waals surface area contributed by atoms with Crippen LogP contribution in [0.5, 0.6) is 0 Å². The second kappa shape index (κ2) is 20.1. The third-order valence-corrected chi connectivity index (χ3v) is 0.406. The number of hydrogen-bond acceptors (Lipinski definition) is 6. The fourth-order valence-corrected chi connectivity index (χ4v) is 0. The monoisotopic (exact) mass is 370 g/mol. The molecule has 94 valence electrons. The molecule has 10 heteroatoms. The number of aliphatic hydroxyl groups excluding tert-OH is 3. The minimum atomic E-state index is -1.19. The Morgan fingerprint density at radius 1 is 0.625 bits per heavy atom. The van der Waals surface area contributed by atoms with Crippen LogP contribution in [0.2, 0.25) is 0 Å². The Hall–Kier alpha value is -0.359. The second-order valence-corrected chi connectivity index (χ2v) is 1.66. The van der Waals surface area contributed by atoms with Gasteiger partial charge in [0.1, 0.15) is 19.8 Å². The van der Waals surface area contributed by atoms with Crippen molar-refractivity contribution in [3.63, 3.8) is 0 Å². The van der Waals surface area contributed by atoms with Crippen LogP contribution in [0.15, 0.2) is 0 Å². The van der Waals surface area contributed by atoms with Crippen LogP contribution in [0.25, 0.3) is 0 Å². The maximum absolute atomic E-state index is 9.12. The van der Waals surface area contributed by atoms with Gasteiger partial charge in [0.05, 0.1) is 0 Å². The molecule has 0 amide bonds. The van der Waals surface area contributed by atoms with Gasteiger partial charge < -0.3 is 30.6 Å². The van der Waals surface area contributed by atoms with Crippen LogP contribution in [0.4, 0.5) is 0 Å². The standard InChI is InChI=1S/3C2H4O3.Nd/c3*3-1-2(4)5;/h3*3H,1H2,(H,4,5);. The van der Waals surface area contributed by atoms with E-state index < -0.39 is 37.7 Å². The van der Waals surface area contributed by atoms with Gasteiger partial charge in [0.15, 0.2) is 0 Å². The summed E-state index contributed by atoms with van der Waals surface area (Å²) in [4.78, 5) is 27.4. The molecular formula is C6H12NdO9. The first-order valence-corrected chi connectivity index (χ1v) is 3.29. The smallest absolute Gasteiger partial charge is 0.329 e. The predicted molar refractivity (Wildman–Crippen MR) is 44.2 cm³/mol. The summed E-state index contributed by atoms with van der Waals surface area (Å²) in [6.45, 7) is -2.33. The number of carboxylic acid groups (broad SMARTS) is 3. The maximum atomic E-state index is 9.12. The zero-order valence-corrected chi connectivity index (χ0v) is 11.2. The first-order valence-electron chi connectivity index (χ1n) is 3.29. The molecule has 0 aliphatic rings. The van der Waals surface area contributed by atoms with Crippen LogP contribution >= 0.6 is 0 Å². The molecule has 0 saturated heterocycles. The normalized spacial score (nSPS) is 6.94. The van der Waals surface area contributed by atoms with Crippen LogP contribution in [0, 0.1) is 40.8 Å². The first kappa shape index (κ1) is 24.7. The molecule has 6 N–H and O–H groups in total. The van der Waals surface area contributed by atoms with E-state index in [1.165, 1.54) is 0 Å². The van der Waals surface area contributed by atoms with Gasteiger partial charge in [-0.05, 0) is 0 Å². The van der Waals surface area contributed by atoms with Crippen LogP contribution in [-0.2, 0) is 14.4 Å². The van der Waals surface area contributed by atoms with E-state index in [1.54, 1.807) is 0 Å². The minimum Gasteiger partial charge on any atom is -0.480 e. The molecule has 0 aliphatic carbocycles. The minimum absolute atomic E-state index is 0. The van der Waals surface area contributed by atoms with Crippen LogP contribution in [-0.4, -0.2) is 68.4 Å². The van der Waals surface area contributed by atoms with Crippen LogP contribution in [0.3, 0.4) is 0 Å². The fourth-order valence-electron chi connectivity index (χ4n) is 0. The summed E-state index contributed by atoms with van der Waals surface area (Å²) in [7, 11) is 0. The molecule has 0 aromatic rings. The van der Waals surface area contributed by atoms with Gasteiger partial charge in [-0.3, -0.25) is 0 Å². The summed E-state index contributed by atoms with van der Waals surface area (Å²) in [6.07, 6.45) is 0. The molecule has 9 nitrogen and oxygen atoms in total. The van der Waals surface area contributed by atoms with Gasteiger partial charge in [-0.15, -0.1) is 0 Å². The van der Waals surface area contributed by atoms with Gasteiger partial charge in [-0.2, -0.15) is 0 Å². The summed E-state index contributed by atoms with van der Waals surface area (Å²) in [6, 6.07) is 0. The Kier molecular flexibility index (Phi) is 31.1. The Balaban J connectivity index is -0.0000000655. The van der Waals surface area contributed by atoms with Crippen LogP contribution < -0.4 is 0 Å². The molecule has 0 aromatic heterocycles. The van der Waals surface area contributed by atoms with Crippen molar-refractivity contribution in [2.24, 2.45) is 0 Å². The van der Waals surface area contributed by atoms with E-state index in [-0.39, 0.29) is 40.8 Å². The van der Waals surface area contributed by atoms with Crippen molar-refractivity contribution in [2.75, 3.05) is 19.8 Å². The molecule has 0 radical (unpaired) electrons. The number of carbonyl (C=O) groups is 3. The Bertz CT molecular complexity index is 159. The first-order chi connectivity index (χ1) is 6.81. The summed E-state index contributed by atoms with van der Waals surface area (Å²) in [5, 5.41) is 45.0. The van der Waals surface area contributed by atoms with E-state index >= 15 is 0 Å². The average molecular weight is 372 g/mol. The zero-order valence-electron chi connectivity index (χ0n) is 8.03. The molecule has 0 atom stereocenters. The van der Waals surface area contributed by atoms with Crippen LogP contribution in [0.1, 0.15) is 0 Å². The van der Waals surface area contributed by atoms with Crippen molar-refractivity contribution < 1.29 is 85.9 Å². The number of rotatable bonds is 3. The molecule has 16 heavy (non-hydrogen) atoms. The largest absolute Gasteiger partial charge is 0.480 e. The summed E-state index contributed by atoms with van der Waals surface area (Å²) in [5.74, 6) is -3.57. The third-order valence-electron chi connectivity index (χ3n) is 0.406. The summed E-state index contributed by atoms with van der Waals surface area (Å²) >= 11 is 0. The average Bonchev–Trinajstić information content (AvgIpc) is 2.19. The summed E-state index contributed by atoms with van der Waals surface area (Å²) in [5.41, 5.74) is 0. The Morgan fingerprint density at radius 3 is 0.688 bits per heavy atom. The number of carboxylic acids is 3. The van der Waals surface area contributed by atoms with E-state index in [0.29, 0.717) is 0 Å². The van der Waals surface area contributed by atoms with Gasteiger partial charge >= 0.3 is 17.9 Å². The number of hydrogen-bond donors (Lipinski definition) is 6. The molecule has 0 heterocycles. The molecule has 0 rings (SSSR count). The van der Waals surface area contributed by atoms with Crippen molar-refractivity contribution in [3.05, 3.63) is 0 Å². The van der Waals surface area contributed by atoms with E-state index in [4.69, 9.17) is 45.0 Å². The zero-order chi connectivity index (χ0) is 12.9. The number of aliphatic carboxylic acids is 3. The van der Waals surface area contributed by atoms with Gasteiger partial charge in [-0.25, -0.2) is 14.4 Å². The quantitative estimate of drug-likeness (QED) is 0.306. The second-order valence-electron chi connectivity index (χ2n) is 1.66. The Labute approximate surface area is 123 Å². The van der Waals surface area contributed by atoms with Crippen molar-refractivity contribution in [1.82, 2.24) is 0 Å². The topological polar surface area (TPSA) is 173 Å².